The maximum absolute atomic E-state index is 14.0. The SMILES string of the molecule is CCN(c1cccc(F)c1CNC1CC1)C1CC1. The molecule has 0 aliphatic heterocycles. The predicted octanol–water partition coefficient (Wildman–Crippen LogP) is 3.07. The Bertz CT molecular complexity index is 425. The van der Waals surface area contributed by atoms with Crippen molar-refractivity contribution in [3.8, 4) is 0 Å². The van der Waals surface area contributed by atoms with Gasteiger partial charge < -0.3 is 10.2 Å². The molecule has 2 aliphatic rings. The van der Waals surface area contributed by atoms with Crippen molar-refractivity contribution >= 4 is 5.69 Å². The molecule has 2 aliphatic carbocycles. The molecule has 0 radical (unpaired) electrons. The van der Waals surface area contributed by atoms with Crippen molar-refractivity contribution in [3.63, 3.8) is 0 Å². The van der Waals surface area contributed by atoms with Crippen LogP contribution in [0.3, 0.4) is 0 Å². The summed E-state index contributed by atoms with van der Waals surface area (Å²) in [5.74, 6) is -0.0697. The van der Waals surface area contributed by atoms with Gasteiger partial charge >= 0.3 is 0 Å². The third-order valence-electron chi connectivity index (χ3n) is 3.88. The van der Waals surface area contributed by atoms with E-state index >= 15 is 0 Å². The highest BCUT2D eigenvalue weighted by Gasteiger charge is 2.30. The number of benzene rings is 1. The van der Waals surface area contributed by atoms with Crippen LogP contribution < -0.4 is 10.2 Å². The van der Waals surface area contributed by atoms with E-state index in [-0.39, 0.29) is 5.82 Å². The summed E-state index contributed by atoms with van der Waals surface area (Å²) in [6.45, 7) is 3.78. The van der Waals surface area contributed by atoms with E-state index in [1.165, 1.54) is 25.7 Å². The Balaban J connectivity index is 1.83. The zero-order chi connectivity index (χ0) is 12.5. The first-order chi connectivity index (χ1) is 8.79. The molecule has 0 unspecified atom stereocenters. The topological polar surface area (TPSA) is 15.3 Å². The minimum absolute atomic E-state index is 0.0697. The lowest BCUT2D eigenvalue weighted by Crippen LogP contribution is -2.28. The summed E-state index contributed by atoms with van der Waals surface area (Å²) in [6, 6.07) is 6.73. The second-order valence-electron chi connectivity index (χ2n) is 5.41. The molecule has 1 aromatic carbocycles. The van der Waals surface area contributed by atoms with Gasteiger partial charge in [-0.1, -0.05) is 6.07 Å². The highest BCUT2D eigenvalue weighted by atomic mass is 19.1. The van der Waals surface area contributed by atoms with Crippen LogP contribution in [0, 0.1) is 5.82 Å². The Labute approximate surface area is 108 Å². The number of halogens is 1. The van der Waals surface area contributed by atoms with Crippen LogP contribution in [-0.2, 0) is 6.54 Å². The summed E-state index contributed by atoms with van der Waals surface area (Å²) in [6.07, 6.45) is 4.98. The molecule has 2 nitrogen and oxygen atoms in total. The highest BCUT2D eigenvalue weighted by molar-refractivity contribution is 5.56. The van der Waals surface area contributed by atoms with Gasteiger partial charge in [0.2, 0.25) is 0 Å². The number of anilines is 1. The highest BCUT2D eigenvalue weighted by Crippen LogP contribution is 2.34. The molecule has 0 amide bonds. The molecule has 1 aromatic rings. The van der Waals surface area contributed by atoms with Crippen molar-refractivity contribution in [3.05, 3.63) is 29.6 Å². The van der Waals surface area contributed by atoms with E-state index in [0.29, 0.717) is 18.6 Å². The van der Waals surface area contributed by atoms with Crippen molar-refractivity contribution < 1.29 is 4.39 Å². The second-order valence-corrected chi connectivity index (χ2v) is 5.41. The summed E-state index contributed by atoms with van der Waals surface area (Å²) in [4.78, 5) is 2.35. The number of nitrogens with one attached hydrogen (secondary N) is 1. The quantitative estimate of drug-likeness (QED) is 0.832. The van der Waals surface area contributed by atoms with Gasteiger partial charge in [-0.3, -0.25) is 0 Å². The molecule has 3 rings (SSSR count). The second kappa shape index (κ2) is 4.88. The largest absolute Gasteiger partial charge is 0.368 e. The molecule has 0 spiro atoms. The molecular formula is C15H21FN2. The minimum atomic E-state index is -0.0697. The first-order valence-corrected chi connectivity index (χ1v) is 7.07. The molecule has 0 aromatic heterocycles. The van der Waals surface area contributed by atoms with Gasteiger partial charge in [-0.25, -0.2) is 4.39 Å². The third-order valence-corrected chi connectivity index (χ3v) is 3.88. The van der Waals surface area contributed by atoms with E-state index in [4.69, 9.17) is 0 Å². The average Bonchev–Trinajstić information content (AvgIpc) is 3.23. The summed E-state index contributed by atoms with van der Waals surface area (Å²) < 4.78 is 14.0. The third kappa shape index (κ3) is 2.51. The van der Waals surface area contributed by atoms with Gasteiger partial charge in [0.05, 0.1) is 0 Å². The Kier molecular flexibility index (Phi) is 3.25. The molecule has 0 heterocycles. The maximum atomic E-state index is 14.0. The Morgan fingerprint density at radius 1 is 1.28 bits per heavy atom. The summed E-state index contributed by atoms with van der Waals surface area (Å²) in [7, 11) is 0. The molecule has 0 bridgehead atoms. The average molecular weight is 248 g/mol. The van der Waals surface area contributed by atoms with Crippen LogP contribution in [0.1, 0.15) is 38.2 Å². The van der Waals surface area contributed by atoms with Gasteiger partial charge in [-0.05, 0) is 44.7 Å². The first kappa shape index (κ1) is 12.0. The molecule has 3 heteroatoms. The fraction of sp³-hybridized carbons (Fsp3) is 0.600. The Morgan fingerprint density at radius 2 is 2.06 bits per heavy atom. The first-order valence-electron chi connectivity index (χ1n) is 7.07. The maximum Gasteiger partial charge on any atom is 0.129 e. The van der Waals surface area contributed by atoms with E-state index in [9.17, 15) is 4.39 Å². The zero-order valence-corrected chi connectivity index (χ0v) is 11.0. The lowest BCUT2D eigenvalue weighted by atomic mass is 10.1. The fourth-order valence-electron chi connectivity index (χ4n) is 2.54. The number of rotatable bonds is 6. The normalized spacial score (nSPS) is 19.0. The van der Waals surface area contributed by atoms with Gasteiger partial charge in [0, 0.05) is 36.4 Å². The van der Waals surface area contributed by atoms with E-state index in [1.54, 1.807) is 6.07 Å². The standard InChI is InChI=1S/C15H21FN2/c1-2-18(12-8-9-12)15-5-3-4-14(16)13(15)10-17-11-6-7-11/h3-5,11-12,17H,2,6-10H2,1H3. The van der Waals surface area contributed by atoms with Crippen molar-refractivity contribution in [2.75, 3.05) is 11.4 Å². The Morgan fingerprint density at radius 3 is 2.67 bits per heavy atom. The van der Waals surface area contributed by atoms with E-state index in [0.717, 1.165) is 17.8 Å². The molecule has 2 fully saturated rings. The zero-order valence-electron chi connectivity index (χ0n) is 11.0. The lowest BCUT2D eigenvalue weighted by molar-refractivity contribution is 0.584. The van der Waals surface area contributed by atoms with E-state index < -0.39 is 0 Å². The van der Waals surface area contributed by atoms with Crippen LogP contribution >= 0.6 is 0 Å². The van der Waals surface area contributed by atoms with Crippen molar-refractivity contribution in [2.24, 2.45) is 0 Å². The molecular weight excluding hydrogens is 227 g/mol. The van der Waals surface area contributed by atoms with Crippen LogP contribution in [0.25, 0.3) is 0 Å². The molecule has 0 saturated heterocycles. The van der Waals surface area contributed by atoms with Crippen molar-refractivity contribution in [1.82, 2.24) is 5.32 Å². The summed E-state index contributed by atoms with van der Waals surface area (Å²) in [5.41, 5.74) is 1.94. The van der Waals surface area contributed by atoms with E-state index in [2.05, 4.69) is 23.2 Å². The molecule has 0 atom stereocenters. The number of nitrogens with zero attached hydrogens (tertiary/aromatic N) is 1. The summed E-state index contributed by atoms with van der Waals surface area (Å²) >= 11 is 0. The molecule has 18 heavy (non-hydrogen) atoms. The van der Waals surface area contributed by atoms with Crippen LogP contribution in [-0.4, -0.2) is 18.6 Å². The van der Waals surface area contributed by atoms with Crippen molar-refractivity contribution in [2.45, 2.75) is 51.2 Å². The van der Waals surface area contributed by atoms with Crippen LogP contribution in [0.5, 0.6) is 0 Å². The lowest BCUT2D eigenvalue weighted by Gasteiger charge is -2.26. The van der Waals surface area contributed by atoms with Gasteiger partial charge in [0.15, 0.2) is 0 Å². The van der Waals surface area contributed by atoms with Gasteiger partial charge in [-0.2, -0.15) is 0 Å². The monoisotopic (exact) mass is 248 g/mol. The van der Waals surface area contributed by atoms with Crippen LogP contribution in [0.15, 0.2) is 18.2 Å². The van der Waals surface area contributed by atoms with Gasteiger partial charge in [0.25, 0.3) is 0 Å². The smallest absolute Gasteiger partial charge is 0.129 e. The number of hydrogen-bond acceptors (Lipinski definition) is 2. The Hall–Kier alpha value is -1.09. The molecule has 1 N–H and O–H groups in total. The van der Waals surface area contributed by atoms with Crippen LogP contribution in [0.4, 0.5) is 10.1 Å². The van der Waals surface area contributed by atoms with Crippen LogP contribution in [0.2, 0.25) is 0 Å². The fourth-order valence-corrected chi connectivity index (χ4v) is 2.54. The van der Waals surface area contributed by atoms with Crippen molar-refractivity contribution in [1.29, 1.82) is 0 Å². The van der Waals surface area contributed by atoms with Gasteiger partial charge in [0.1, 0.15) is 5.82 Å². The van der Waals surface area contributed by atoms with E-state index in [1.807, 2.05) is 6.07 Å². The number of hydrogen-bond donors (Lipinski definition) is 1. The molecule has 98 valence electrons. The predicted molar refractivity (Wildman–Crippen MR) is 72.3 cm³/mol. The summed E-state index contributed by atoms with van der Waals surface area (Å²) in [5, 5.41) is 3.43. The molecule has 2 saturated carbocycles. The minimum Gasteiger partial charge on any atom is -0.368 e. The van der Waals surface area contributed by atoms with Gasteiger partial charge in [-0.15, -0.1) is 0 Å².